The molecule has 0 aliphatic heterocycles. The van der Waals surface area contributed by atoms with Crippen LogP contribution >= 0.6 is 12.2 Å². The summed E-state index contributed by atoms with van der Waals surface area (Å²) in [6.07, 6.45) is 1.41. The standard InChI is InChI=1S/C13H11F2N3S/c1-7-2-4-9(14)12(11(7)15)18-8-3-5-10(13(16)19)17-6-8/h2-6,18H,1H3,(H2,16,19). The van der Waals surface area contributed by atoms with Crippen molar-refractivity contribution in [3.63, 3.8) is 0 Å². The van der Waals surface area contributed by atoms with Gasteiger partial charge in [0.1, 0.15) is 16.5 Å². The average Bonchev–Trinajstić information content (AvgIpc) is 2.40. The predicted molar refractivity (Wildman–Crippen MR) is 74.5 cm³/mol. The summed E-state index contributed by atoms with van der Waals surface area (Å²) in [5.74, 6) is -1.29. The smallest absolute Gasteiger partial charge is 0.152 e. The van der Waals surface area contributed by atoms with Crippen molar-refractivity contribution in [2.45, 2.75) is 6.92 Å². The number of rotatable bonds is 3. The topological polar surface area (TPSA) is 50.9 Å². The van der Waals surface area contributed by atoms with Gasteiger partial charge in [0, 0.05) is 0 Å². The number of nitrogens with two attached hydrogens (primary N) is 1. The van der Waals surface area contributed by atoms with Gasteiger partial charge in [-0.25, -0.2) is 8.78 Å². The number of hydrogen-bond donors (Lipinski definition) is 2. The van der Waals surface area contributed by atoms with E-state index in [1.165, 1.54) is 18.3 Å². The zero-order valence-corrected chi connectivity index (χ0v) is 10.9. The van der Waals surface area contributed by atoms with E-state index in [1.54, 1.807) is 19.1 Å². The molecule has 98 valence electrons. The van der Waals surface area contributed by atoms with E-state index >= 15 is 0 Å². The molecule has 1 heterocycles. The number of thiocarbonyl (C=S) groups is 1. The zero-order chi connectivity index (χ0) is 14.0. The molecular weight excluding hydrogens is 268 g/mol. The maximum atomic E-state index is 13.8. The second-order valence-electron chi connectivity index (χ2n) is 3.97. The summed E-state index contributed by atoms with van der Waals surface area (Å²) in [4.78, 5) is 4.15. The van der Waals surface area contributed by atoms with E-state index in [2.05, 4.69) is 10.3 Å². The van der Waals surface area contributed by atoms with Crippen LogP contribution in [-0.2, 0) is 0 Å². The molecule has 0 spiro atoms. The van der Waals surface area contributed by atoms with Gasteiger partial charge in [-0.2, -0.15) is 0 Å². The van der Waals surface area contributed by atoms with Crippen LogP contribution in [0.5, 0.6) is 0 Å². The van der Waals surface area contributed by atoms with Crippen molar-refractivity contribution in [2.24, 2.45) is 5.73 Å². The highest BCUT2D eigenvalue weighted by molar-refractivity contribution is 7.80. The number of hydrogen-bond acceptors (Lipinski definition) is 3. The molecule has 3 nitrogen and oxygen atoms in total. The number of pyridine rings is 1. The number of nitrogens with one attached hydrogen (secondary N) is 1. The van der Waals surface area contributed by atoms with Crippen molar-refractivity contribution in [1.29, 1.82) is 0 Å². The molecule has 0 atom stereocenters. The van der Waals surface area contributed by atoms with E-state index in [0.717, 1.165) is 0 Å². The van der Waals surface area contributed by atoms with Crippen LogP contribution in [0, 0.1) is 18.6 Å². The molecule has 2 rings (SSSR count). The third-order valence-corrected chi connectivity index (χ3v) is 2.78. The highest BCUT2D eigenvalue weighted by atomic mass is 32.1. The highest BCUT2D eigenvalue weighted by Crippen LogP contribution is 2.25. The largest absolute Gasteiger partial charge is 0.388 e. The number of anilines is 2. The highest BCUT2D eigenvalue weighted by Gasteiger charge is 2.11. The van der Waals surface area contributed by atoms with Crippen molar-refractivity contribution in [1.82, 2.24) is 4.98 Å². The SMILES string of the molecule is Cc1ccc(F)c(Nc2ccc(C(N)=S)nc2)c1F. The Balaban J connectivity index is 2.31. The molecule has 19 heavy (non-hydrogen) atoms. The van der Waals surface area contributed by atoms with Crippen molar-refractivity contribution in [3.05, 3.63) is 53.4 Å². The van der Waals surface area contributed by atoms with Gasteiger partial charge in [-0.05, 0) is 30.7 Å². The summed E-state index contributed by atoms with van der Waals surface area (Å²) in [5, 5.41) is 2.65. The number of nitrogens with zero attached hydrogens (tertiary/aromatic N) is 1. The van der Waals surface area contributed by atoms with Crippen LogP contribution in [-0.4, -0.2) is 9.97 Å². The minimum absolute atomic E-state index is 0.166. The van der Waals surface area contributed by atoms with Crippen LogP contribution in [0.3, 0.4) is 0 Å². The van der Waals surface area contributed by atoms with Gasteiger partial charge in [-0.1, -0.05) is 18.3 Å². The van der Waals surface area contributed by atoms with Gasteiger partial charge in [-0.3, -0.25) is 4.98 Å². The average molecular weight is 279 g/mol. The van der Waals surface area contributed by atoms with Crippen LogP contribution in [0.2, 0.25) is 0 Å². The minimum Gasteiger partial charge on any atom is -0.388 e. The van der Waals surface area contributed by atoms with Crippen LogP contribution in [0.25, 0.3) is 0 Å². The molecular formula is C13H11F2N3S. The first-order chi connectivity index (χ1) is 8.99. The van der Waals surface area contributed by atoms with E-state index in [4.69, 9.17) is 18.0 Å². The lowest BCUT2D eigenvalue weighted by molar-refractivity contribution is 0.585. The molecule has 0 aliphatic rings. The molecule has 6 heteroatoms. The van der Waals surface area contributed by atoms with Crippen LogP contribution in [0.4, 0.5) is 20.2 Å². The first-order valence-corrected chi connectivity index (χ1v) is 5.87. The van der Waals surface area contributed by atoms with Gasteiger partial charge < -0.3 is 11.1 Å². The van der Waals surface area contributed by atoms with Crippen molar-refractivity contribution < 1.29 is 8.78 Å². The Kier molecular flexibility index (Phi) is 3.71. The fourth-order valence-electron chi connectivity index (χ4n) is 1.53. The molecule has 0 aliphatic carbocycles. The lowest BCUT2D eigenvalue weighted by Gasteiger charge is -2.10. The Morgan fingerprint density at radius 3 is 2.58 bits per heavy atom. The number of aromatic nitrogens is 1. The van der Waals surface area contributed by atoms with E-state index in [1.807, 2.05) is 0 Å². The van der Waals surface area contributed by atoms with Crippen molar-refractivity contribution >= 4 is 28.6 Å². The lowest BCUT2D eigenvalue weighted by Crippen LogP contribution is -2.11. The fraction of sp³-hybridized carbons (Fsp3) is 0.0769. The van der Waals surface area contributed by atoms with Gasteiger partial charge in [0.05, 0.1) is 17.6 Å². The van der Waals surface area contributed by atoms with E-state index < -0.39 is 11.6 Å². The molecule has 0 unspecified atom stereocenters. The molecule has 1 aromatic heterocycles. The molecule has 3 N–H and O–H groups in total. The maximum absolute atomic E-state index is 13.8. The van der Waals surface area contributed by atoms with Gasteiger partial charge in [0.2, 0.25) is 0 Å². The van der Waals surface area contributed by atoms with E-state index in [-0.39, 0.29) is 10.7 Å². The Morgan fingerprint density at radius 1 is 1.26 bits per heavy atom. The summed E-state index contributed by atoms with van der Waals surface area (Å²) in [6, 6.07) is 5.76. The molecule has 2 aromatic rings. The monoisotopic (exact) mass is 279 g/mol. The first kappa shape index (κ1) is 13.4. The van der Waals surface area contributed by atoms with Crippen molar-refractivity contribution in [3.8, 4) is 0 Å². The molecule has 0 radical (unpaired) electrons. The molecule has 0 bridgehead atoms. The summed E-state index contributed by atoms with van der Waals surface area (Å²) in [5.41, 5.74) is 6.46. The van der Waals surface area contributed by atoms with Gasteiger partial charge in [0.25, 0.3) is 0 Å². The molecule has 0 fully saturated rings. The Morgan fingerprint density at radius 2 is 2.00 bits per heavy atom. The van der Waals surface area contributed by atoms with Crippen LogP contribution in [0.15, 0.2) is 30.5 Å². The number of benzene rings is 1. The van der Waals surface area contributed by atoms with Gasteiger partial charge in [0.15, 0.2) is 5.82 Å². The quantitative estimate of drug-likeness (QED) is 0.848. The molecule has 1 aromatic carbocycles. The second kappa shape index (κ2) is 5.27. The Bertz CT molecular complexity index is 627. The Labute approximate surface area is 114 Å². The van der Waals surface area contributed by atoms with Crippen molar-refractivity contribution in [2.75, 3.05) is 5.32 Å². The summed E-state index contributed by atoms with van der Waals surface area (Å²) < 4.78 is 27.4. The summed E-state index contributed by atoms with van der Waals surface area (Å²) in [7, 11) is 0. The summed E-state index contributed by atoms with van der Waals surface area (Å²) in [6.45, 7) is 1.56. The lowest BCUT2D eigenvalue weighted by atomic mass is 10.2. The fourth-order valence-corrected chi connectivity index (χ4v) is 1.65. The maximum Gasteiger partial charge on any atom is 0.152 e. The predicted octanol–water partition coefficient (Wildman–Crippen LogP) is 3.05. The zero-order valence-electron chi connectivity index (χ0n) is 10.1. The second-order valence-corrected chi connectivity index (χ2v) is 4.41. The van der Waals surface area contributed by atoms with Crippen LogP contribution in [0.1, 0.15) is 11.3 Å². The third-order valence-electron chi connectivity index (χ3n) is 2.57. The molecule has 0 saturated carbocycles. The van der Waals surface area contributed by atoms with E-state index in [0.29, 0.717) is 16.9 Å². The minimum atomic E-state index is -0.665. The third kappa shape index (κ3) is 2.85. The van der Waals surface area contributed by atoms with Crippen LogP contribution < -0.4 is 11.1 Å². The number of halogens is 2. The number of aryl methyl sites for hydroxylation is 1. The first-order valence-electron chi connectivity index (χ1n) is 5.46. The molecule has 0 amide bonds. The normalized spacial score (nSPS) is 10.3. The molecule has 0 saturated heterocycles. The van der Waals surface area contributed by atoms with Gasteiger partial charge >= 0.3 is 0 Å². The van der Waals surface area contributed by atoms with E-state index in [9.17, 15) is 8.78 Å². The van der Waals surface area contributed by atoms with Gasteiger partial charge in [-0.15, -0.1) is 0 Å². The Hall–Kier alpha value is -2.08. The summed E-state index contributed by atoms with van der Waals surface area (Å²) >= 11 is 4.77.